The second-order valence-corrected chi connectivity index (χ2v) is 8.41. The van der Waals surface area contributed by atoms with E-state index in [2.05, 4.69) is 54.0 Å². The van der Waals surface area contributed by atoms with E-state index in [1.165, 1.54) is 23.6 Å². The second-order valence-electron chi connectivity index (χ2n) is 7.30. The number of carbonyl (C=O) groups is 2. The fraction of sp³-hybridized carbons (Fsp3) is 0.200. The predicted octanol–water partition coefficient (Wildman–Crippen LogP) is 5.39. The molecule has 4 nitrogen and oxygen atoms in total. The molecule has 0 saturated carbocycles. The Morgan fingerprint density at radius 3 is 2.13 bits per heavy atom. The summed E-state index contributed by atoms with van der Waals surface area (Å²) in [5, 5.41) is 5.81. The average molecular weight is 419 g/mol. The van der Waals surface area contributed by atoms with Crippen molar-refractivity contribution in [2.24, 2.45) is 0 Å². The maximum atomic E-state index is 12.6. The largest absolute Gasteiger partial charge is 0.352 e. The molecule has 0 aliphatic carbocycles. The van der Waals surface area contributed by atoms with Crippen LogP contribution in [0.15, 0.2) is 76.5 Å². The Labute approximate surface area is 182 Å². The van der Waals surface area contributed by atoms with Gasteiger partial charge in [-0.2, -0.15) is 0 Å². The van der Waals surface area contributed by atoms with Crippen molar-refractivity contribution in [3.63, 3.8) is 0 Å². The fourth-order valence-corrected chi connectivity index (χ4v) is 3.84. The zero-order valence-electron chi connectivity index (χ0n) is 17.5. The second kappa shape index (κ2) is 10.1. The number of nitrogens with one attached hydrogen (secondary N) is 2. The zero-order chi connectivity index (χ0) is 21.5. The fourth-order valence-electron chi connectivity index (χ4n) is 2.96. The summed E-state index contributed by atoms with van der Waals surface area (Å²) in [7, 11) is 0. The van der Waals surface area contributed by atoms with E-state index in [9.17, 15) is 9.59 Å². The van der Waals surface area contributed by atoms with Gasteiger partial charge in [0.15, 0.2) is 0 Å². The number of carbonyl (C=O) groups excluding carboxylic acids is 2. The van der Waals surface area contributed by atoms with Crippen LogP contribution in [-0.2, 0) is 11.2 Å². The van der Waals surface area contributed by atoms with Crippen LogP contribution in [0.25, 0.3) is 0 Å². The van der Waals surface area contributed by atoms with Gasteiger partial charge in [0.1, 0.15) is 0 Å². The molecule has 30 heavy (non-hydrogen) atoms. The van der Waals surface area contributed by atoms with Crippen molar-refractivity contribution in [1.29, 1.82) is 0 Å². The van der Waals surface area contributed by atoms with Gasteiger partial charge in [-0.3, -0.25) is 9.59 Å². The van der Waals surface area contributed by atoms with Gasteiger partial charge in [0.25, 0.3) is 5.91 Å². The smallest absolute Gasteiger partial charge is 0.251 e. The van der Waals surface area contributed by atoms with Gasteiger partial charge < -0.3 is 10.6 Å². The summed E-state index contributed by atoms with van der Waals surface area (Å²) < 4.78 is 0. The van der Waals surface area contributed by atoms with Crippen LogP contribution in [-0.4, -0.2) is 18.4 Å². The van der Waals surface area contributed by atoms with Crippen molar-refractivity contribution in [3.05, 3.63) is 89.0 Å². The summed E-state index contributed by atoms with van der Waals surface area (Å²) in [5.41, 5.74) is 4.76. The van der Waals surface area contributed by atoms with Crippen LogP contribution >= 0.6 is 11.8 Å². The van der Waals surface area contributed by atoms with Crippen LogP contribution in [0.3, 0.4) is 0 Å². The van der Waals surface area contributed by atoms with Gasteiger partial charge in [0.2, 0.25) is 5.91 Å². The quantitative estimate of drug-likeness (QED) is 0.541. The van der Waals surface area contributed by atoms with Gasteiger partial charge in [0, 0.05) is 28.8 Å². The summed E-state index contributed by atoms with van der Waals surface area (Å²) in [6.45, 7) is 6.12. The van der Waals surface area contributed by atoms with E-state index in [1.807, 2.05) is 25.1 Å². The number of aryl methyl sites for hydroxylation is 2. The van der Waals surface area contributed by atoms with E-state index in [0.717, 1.165) is 16.2 Å². The van der Waals surface area contributed by atoms with Crippen LogP contribution < -0.4 is 10.6 Å². The normalized spacial score (nSPS) is 10.5. The van der Waals surface area contributed by atoms with E-state index in [4.69, 9.17) is 0 Å². The molecule has 2 amide bonds. The van der Waals surface area contributed by atoms with Gasteiger partial charge in [-0.05, 0) is 56.2 Å². The van der Waals surface area contributed by atoms with E-state index in [0.29, 0.717) is 17.8 Å². The van der Waals surface area contributed by atoms with Crippen molar-refractivity contribution in [1.82, 2.24) is 5.32 Å². The molecule has 154 valence electrons. The number of anilines is 1. The maximum Gasteiger partial charge on any atom is 0.251 e. The van der Waals surface area contributed by atoms with E-state index < -0.39 is 0 Å². The third-order valence-corrected chi connectivity index (χ3v) is 5.70. The van der Waals surface area contributed by atoms with Gasteiger partial charge in [-0.15, -0.1) is 0 Å². The van der Waals surface area contributed by atoms with Crippen LogP contribution in [0.2, 0.25) is 0 Å². The molecule has 0 heterocycles. The SMILES string of the molecule is CC(=O)Nc1cc(C(=O)NCCc2ccc(C)cc2)ccc1Sc1ccc(C)cc1. The molecule has 3 rings (SSSR count). The lowest BCUT2D eigenvalue weighted by atomic mass is 10.1. The summed E-state index contributed by atoms with van der Waals surface area (Å²) in [6, 6.07) is 21.9. The molecule has 0 fully saturated rings. The number of amides is 2. The van der Waals surface area contributed by atoms with Crippen molar-refractivity contribution in [2.45, 2.75) is 37.0 Å². The van der Waals surface area contributed by atoms with Crippen LogP contribution in [0.4, 0.5) is 5.69 Å². The highest BCUT2D eigenvalue weighted by atomic mass is 32.2. The van der Waals surface area contributed by atoms with Crippen LogP contribution in [0.5, 0.6) is 0 Å². The number of rotatable bonds is 7. The van der Waals surface area contributed by atoms with E-state index in [-0.39, 0.29) is 11.8 Å². The minimum Gasteiger partial charge on any atom is -0.352 e. The molecule has 0 bridgehead atoms. The first-order valence-corrected chi connectivity index (χ1v) is 10.7. The van der Waals surface area contributed by atoms with E-state index in [1.54, 1.807) is 23.9 Å². The molecule has 3 aromatic carbocycles. The molecule has 0 saturated heterocycles. The molecule has 0 radical (unpaired) electrons. The Morgan fingerprint density at radius 2 is 1.50 bits per heavy atom. The molecule has 0 aliphatic heterocycles. The molecule has 5 heteroatoms. The molecule has 0 aromatic heterocycles. The summed E-state index contributed by atoms with van der Waals surface area (Å²) in [4.78, 5) is 26.2. The third kappa shape index (κ3) is 6.22. The van der Waals surface area contributed by atoms with Crippen molar-refractivity contribution < 1.29 is 9.59 Å². The van der Waals surface area contributed by atoms with Gasteiger partial charge in [-0.1, -0.05) is 59.3 Å². The average Bonchev–Trinajstić information content (AvgIpc) is 2.72. The van der Waals surface area contributed by atoms with Crippen LogP contribution in [0.1, 0.15) is 34.0 Å². The monoisotopic (exact) mass is 418 g/mol. The molecule has 2 N–H and O–H groups in total. The Morgan fingerprint density at radius 1 is 0.867 bits per heavy atom. The highest BCUT2D eigenvalue weighted by molar-refractivity contribution is 7.99. The first-order valence-electron chi connectivity index (χ1n) is 9.90. The van der Waals surface area contributed by atoms with Crippen molar-refractivity contribution in [3.8, 4) is 0 Å². The lowest BCUT2D eigenvalue weighted by molar-refractivity contribution is -0.114. The molecule has 0 atom stereocenters. The maximum absolute atomic E-state index is 12.6. The minimum absolute atomic E-state index is 0.152. The Bertz CT molecular complexity index is 1030. The molecule has 0 spiro atoms. The Hall–Kier alpha value is -3.05. The third-order valence-electron chi connectivity index (χ3n) is 4.62. The van der Waals surface area contributed by atoms with Crippen molar-refractivity contribution >= 4 is 29.3 Å². The lowest BCUT2D eigenvalue weighted by Gasteiger charge is -2.12. The number of hydrogen-bond acceptors (Lipinski definition) is 3. The first-order chi connectivity index (χ1) is 14.4. The molecule has 0 unspecified atom stereocenters. The summed E-state index contributed by atoms with van der Waals surface area (Å²) >= 11 is 1.56. The number of benzene rings is 3. The highest BCUT2D eigenvalue weighted by Crippen LogP contribution is 2.34. The Balaban J connectivity index is 1.69. The number of hydrogen-bond donors (Lipinski definition) is 2. The highest BCUT2D eigenvalue weighted by Gasteiger charge is 2.12. The predicted molar refractivity (Wildman–Crippen MR) is 123 cm³/mol. The zero-order valence-corrected chi connectivity index (χ0v) is 18.3. The lowest BCUT2D eigenvalue weighted by Crippen LogP contribution is -2.25. The van der Waals surface area contributed by atoms with E-state index >= 15 is 0 Å². The van der Waals surface area contributed by atoms with Gasteiger partial charge in [0.05, 0.1) is 5.69 Å². The summed E-state index contributed by atoms with van der Waals surface area (Å²) in [6.07, 6.45) is 0.770. The topological polar surface area (TPSA) is 58.2 Å². The van der Waals surface area contributed by atoms with Gasteiger partial charge in [-0.25, -0.2) is 0 Å². The van der Waals surface area contributed by atoms with Gasteiger partial charge >= 0.3 is 0 Å². The molecular formula is C25H26N2O2S. The minimum atomic E-state index is -0.169. The molecule has 3 aromatic rings. The van der Waals surface area contributed by atoms with Crippen molar-refractivity contribution in [2.75, 3.05) is 11.9 Å². The summed E-state index contributed by atoms with van der Waals surface area (Å²) in [5.74, 6) is -0.321. The Kier molecular flexibility index (Phi) is 7.31. The molecule has 0 aliphatic rings. The molecular weight excluding hydrogens is 392 g/mol. The van der Waals surface area contributed by atoms with Crippen LogP contribution in [0, 0.1) is 13.8 Å². The first kappa shape index (κ1) is 21.7. The standard InChI is InChI=1S/C25H26N2O2S/c1-17-4-8-20(9-5-17)14-15-26-25(29)21-10-13-24(23(16-21)27-19(3)28)30-22-11-6-18(2)7-12-22/h4-13,16H,14-15H2,1-3H3,(H,26,29)(H,27,28).